The van der Waals surface area contributed by atoms with Crippen LogP contribution in [-0.4, -0.2) is 38.1 Å². The number of hydrogen-bond donors (Lipinski definition) is 0. The van der Waals surface area contributed by atoms with Gasteiger partial charge in [0.25, 0.3) is 0 Å². The molecule has 2 aliphatic rings. The predicted octanol–water partition coefficient (Wildman–Crippen LogP) is 3.44. The first-order valence-electron chi connectivity index (χ1n) is 8.80. The second-order valence-electron chi connectivity index (χ2n) is 6.85. The quantitative estimate of drug-likeness (QED) is 0.702. The summed E-state index contributed by atoms with van der Waals surface area (Å²) < 4.78 is 73.1. The summed E-state index contributed by atoms with van der Waals surface area (Å²) >= 11 is 0. The van der Waals surface area contributed by atoms with E-state index in [9.17, 15) is 26.4 Å². The molecule has 6 nitrogen and oxygen atoms in total. The van der Waals surface area contributed by atoms with Gasteiger partial charge >= 0.3 is 12.3 Å². The minimum Gasteiger partial charge on any atom is -0.450 e. The van der Waals surface area contributed by atoms with Crippen molar-refractivity contribution in [3.63, 3.8) is 0 Å². The van der Waals surface area contributed by atoms with Gasteiger partial charge in [-0.15, -0.1) is 13.2 Å². The number of esters is 1. The van der Waals surface area contributed by atoms with E-state index >= 15 is 0 Å². The van der Waals surface area contributed by atoms with E-state index in [1.54, 1.807) is 18.2 Å². The molecule has 0 N–H and O–H groups in total. The summed E-state index contributed by atoms with van der Waals surface area (Å²) in [5.41, 5.74) is 0.407. The average molecular weight is 427 g/mol. The third kappa shape index (κ3) is 3.58. The third-order valence-corrected chi connectivity index (χ3v) is 7.06. The molecule has 1 fully saturated rings. The van der Waals surface area contributed by atoms with E-state index in [2.05, 4.69) is 4.74 Å². The van der Waals surface area contributed by atoms with E-state index in [4.69, 9.17) is 4.74 Å². The number of benzene rings is 2. The fourth-order valence-electron chi connectivity index (χ4n) is 3.77. The van der Waals surface area contributed by atoms with Gasteiger partial charge in [-0.1, -0.05) is 18.2 Å². The molecule has 1 saturated heterocycles. The predicted molar refractivity (Wildman–Crippen MR) is 94.7 cm³/mol. The first kappa shape index (κ1) is 19.7. The van der Waals surface area contributed by atoms with Crippen molar-refractivity contribution in [1.82, 2.24) is 4.31 Å². The van der Waals surface area contributed by atoms with E-state index < -0.39 is 33.7 Å². The van der Waals surface area contributed by atoms with Gasteiger partial charge in [0.15, 0.2) is 0 Å². The molecule has 0 unspecified atom stereocenters. The number of halogens is 3. The Labute approximate surface area is 164 Å². The van der Waals surface area contributed by atoms with Crippen molar-refractivity contribution in [2.75, 3.05) is 13.1 Å². The van der Waals surface area contributed by atoms with Crippen molar-refractivity contribution in [3.05, 3.63) is 59.7 Å². The highest BCUT2D eigenvalue weighted by Crippen LogP contribution is 2.44. The molecule has 154 valence electrons. The van der Waals surface area contributed by atoms with Crippen molar-refractivity contribution in [2.45, 2.75) is 29.7 Å². The lowest BCUT2D eigenvalue weighted by Crippen LogP contribution is -2.45. The SMILES string of the molecule is O=C1OC2(CCN(S(=O)(=O)c3ccc(OC(F)(F)F)cc3)CC2)c2ccccc21. The molecular formula is C19H16F3NO5S. The number of hydrogen-bond acceptors (Lipinski definition) is 5. The van der Waals surface area contributed by atoms with E-state index in [0.29, 0.717) is 18.4 Å². The highest BCUT2D eigenvalue weighted by molar-refractivity contribution is 7.89. The number of sulfonamides is 1. The summed E-state index contributed by atoms with van der Waals surface area (Å²) in [6, 6.07) is 11.1. The number of piperidine rings is 1. The van der Waals surface area contributed by atoms with Crippen molar-refractivity contribution < 1.29 is 35.9 Å². The highest BCUT2D eigenvalue weighted by atomic mass is 32.2. The standard InChI is InChI=1S/C19H16F3NO5S/c20-19(21,22)27-13-5-7-14(8-6-13)29(25,26)23-11-9-18(10-12-23)16-4-2-1-3-15(16)17(24)28-18/h1-8H,9-12H2. The molecule has 0 aliphatic carbocycles. The molecular weight excluding hydrogens is 411 g/mol. The zero-order valence-electron chi connectivity index (χ0n) is 15.0. The van der Waals surface area contributed by atoms with Crippen LogP contribution in [0.1, 0.15) is 28.8 Å². The summed E-state index contributed by atoms with van der Waals surface area (Å²) in [6.45, 7) is 0.232. The fraction of sp³-hybridized carbons (Fsp3) is 0.316. The molecule has 0 bridgehead atoms. The molecule has 1 spiro atoms. The average Bonchev–Trinajstić information content (AvgIpc) is 2.93. The maximum Gasteiger partial charge on any atom is 0.573 e. The number of rotatable bonds is 3. The van der Waals surface area contributed by atoms with Gasteiger partial charge in [0.1, 0.15) is 11.4 Å². The van der Waals surface area contributed by atoms with Crippen LogP contribution in [-0.2, 0) is 20.4 Å². The Balaban J connectivity index is 1.51. The van der Waals surface area contributed by atoms with Gasteiger partial charge in [0.05, 0.1) is 10.5 Å². The Kier molecular flexibility index (Phi) is 4.58. The minimum absolute atomic E-state index is 0.116. The molecule has 2 aliphatic heterocycles. The lowest BCUT2D eigenvalue weighted by atomic mass is 9.84. The molecule has 0 atom stereocenters. The van der Waals surface area contributed by atoms with Crippen molar-refractivity contribution in [2.24, 2.45) is 0 Å². The minimum atomic E-state index is -4.85. The Morgan fingerprint density at radius 2 is 1.62 bits per heavy atom. The number of nitrogens with zero attached hydrogens (tertiary/aromatic N) is 1. The van der Waals surface area contributed by atoms with Crippen LogP contribution in [0.4, 0.5) is 13.2 Å². The van der Waals surface area contributed by atoms with Gasteiger partial charge in [-0.3, -0.25) is 0 Å². The van der Waals surface area contributed by atoms with E-state index in [0.717, 1.165) is 29.8 Å². The van der Waals surface area contributed by atoms with Gasteiger partial charge < -0.3 is 9.47 Å². The molecule has 0 aromatic heterocycles. The van der Waals surface area contributed by atoms with Crippen LogP contribution in [0.5, 0.6) is 5.75 Å². The van der Waals surface area contributed by atoms with Crippen LogP contribution >= 0.6 is 0 Å². The normalized spacial score (nSPS) is 19.1. The van der Waals surface area contributed by atoms with Crippen molar-refractivity contribution in [1.29, 1.82) is 0 Å². The first-order valence-corrected chi connectivity index (χ1v) is 10.2. The molecule has 10 heteroatoms. The Morgan fingerprint density at radius 3 is 2.24 bits per heavy atom. The molecule has 0 radical (unpaired) electrons. The summed E-state index contributed by atoms with van der Waals surface area (Å²) in [5, 5.41) is 0. The molecule has 2 aromatic rings. The van der Waals surface area contributed by atoms with Crippen LogP contribution in [0.2, 0.25) is 0 Å². The van der Waals surface area contributed by atoms with Crippen LogP contribution < -0.4 is 4.74 Å². The number of carbonyl (C=O) groups excluding carboxylic acids is 1. The monoisotopic (exact) mass is 427 g/mol. The van der Waals surface area contributed by atoms with Crippen LogP contribution in [0.15, 0.2) is 53.4 Å². The number of fused-ring (bicyclic) bond motifs is 2. The van der Waals surface area contributed by atoms with Crippen molar-refractivity contribution in [3.8, 4) is 5.75 Å². The summed E-state index contributed by atoms with van der Waals surface area (Å²) in [6.07, 6.45) is -4.26. The van der Waals surface area contributed by atoms with Crippen LogP contribution in [0.3, 0.4) is 0 Å². The largest absolute Gasteiger partial charge is 0.573 e. The van der Waals surface area contributed by atoms with Gasteiger partial charge in [-0.25, -0.2) is 13.2 Å². The lowest BCUT2D eigenvalue weighted by molar-refractivity contribution is -0.274. The second-order valence-corrected chi connectivity index (χ2v) is 8.79. The van der Waals surface area contributed by atoms with Gasteiger partial charge in [-0.05, 0) is 30.3 Å². The zero-order valence-corrected chi connectivity index (χ0v) is 15.8. The Bertz CT molecular complexity index is 1040. The Morgan fingerprint density at radius 1 is 1.00 bits per heavy atom. The van der Waals surface area contributed by atoms with Crippen molar-refractivity contribution >= 4 is 16.0 Å². The third-order valence-electron chi connectivity index (χ3n) is 5.15. The van der Waals surface area contributed by atoms with Gasteiger partial charge in [-0.2, -0.15) is 4.31 Å². The molecule has 0 amide bonds. The number of carbonyl (C=O) groups is 1. The van der Waals surface area contributed by atoms with E-state index in [-0.39, 0.29) is 18.0 Å². The maximum absolute atomic E-state index is 12.9. The molecule has 29 heavy (non-hydrogen) atoms. The molecule has 0 saturated carbocycles. The highest BCUT2D eigenvalue weighted by Gasteiger charge is 2.48. The lowest BCUT2D eigenvalue weighted by Gasteiger charge is -2.37. The fourth-order valence-corrected chi connectivity index (χ4v) is 5.21. The summed E-state index contributed by atoms with van der Waals surface area (Å²) in [4.78, 5) is 12.0. The van der Waals surface area contributed by atoms with E-state index in [1.807, 2.05) is 6.07 Å². The maximum atomic E-state index is 12.9. The zero-order chi connectivity index (χ0) is 20.9. The second kappa shape index (κ2) is 6.74. The van der Waals surface area contributed by atoms with E-state index in [1.165, 1.54) is 4.31 Å². The number of ether oxygens (including phenoxy) is 2. The molecule has 2 heterocycles. The first-order chi connectivity index (χ1) is 13.6. The van der Waals surface area contributed by atoms with Gasteiger partial charge in [0, 0.05) is 31.5 Å². The topological polar surface area (TPSA) is 72.9 Å². The smallest absolute Gasteiger partial charge is 0.450 e. The van der Waals surface area contributed by atoms with Crippen LogP contribution in [0.25, 0.3) is 0 Å². The summed E-state index contributed by atoms with van der Waals surface area (Å²) in [7, 11) is -3.90. The molecule has 2 aromatic carbocycles. The van der Waals surface area contributed by atoms with Crippen LogP contribution in [0, 0.1) is 0 Å². The Hall–Kier alpha value is -2.59. The summed E-state index contributed by atoms with van der Waals surface area (Å²) in [5.74, 6) is -0.916. The number of alkyl halides is 3. The molecule has 4 rings (SSSR count). The van der Waals surface area contributed by atoms with Gasteiger partial charge in [0.2, 0.25) is 10.0 Å².